The maximum Gasteiger partial charge on any atom is 0.119 e. The van der Waals surface area contributed by atoms with Crippen molar-refractivity contribution in [3.63, 3.8) is 0 Å². The van der Waals surface area contributed by atoms with Crippen LogP contribution in [0.4, 0.5) is 5.69 Å². The molecule has 0 amide bonds. The molecular weight excluding hydrogens is 262 g/mol. The van der Waals surface area contributed by atoms with Crippen molar-refractivity contribution >= 4 is 5.69 Å². The van der Waals surface area contributed by atoms with Crippen LogP contribution < -0.4 is 10.1 Å². The molecule has 0 aliphatic carbocycles. The third-order valence-electron chi connectivity index (χ3n) is 3.57. The summed E-state index contributed by atoms with van der Waals surface area (Å²) in [5, 5.41) is 3.48. The molecule has 112 valence electrons. The molecule has 0 aromatic heterocycles. The number of anilines is 1. The van der Waals surface area contributed by atoms with Gasteiger partial charge >= 0.3 is 0 Å². The third-order valence-corrected chi connectivity index (χ3v) is 3.57. The lowest BCUT2D eigenvalue weighted by Crippen LogP contribution is -2.05. The molecule has 2 rings (SSSR count). The number of hydrogen-bond acceptors (Lipinski definition) is 3. The van der Waals surface area contributed by atoms with E-state index in [1.54, 1.807) is 7.11 Å². The van der Waals surface area contributed by atoms with Gasteiger partial charge in [0.25, 0.3) is 0 Å². The number of aryl methyl sites for hydroxylation is 1. The lowest BCUT2D eigenvalue weighted by molar-refractivity contribution is 0.146. The predicted octanol–water partition coefficient (Wildman–Crippen LogP) is 3.94. The first-order valence-electron chi connectivity index (χ1n) is 7.21. The highest BCUT2D eigenvalue weighted by atomic mass is 16.5. The molecule has 2 aromatic rings. The Morgan fingerprint density at radius 1 is 0.952 bits per heavy atom. The largest absolute Gasteiger partial charge is 0.491 e. The van der Waals surface area contributed by atoms with E-state index in [9.17, 15) is 0 Å². The average molecular weight is 285 g/mol. The number of nitrogens with one attached hydrogen (secondary N) is 1. The number of ether oxygens (including phenoxy) is 2. The van der Waals surface area contributed by atoms with Gasteiger partial charge in [-0.25, -0.2) is 0 Å². The molecule has 21 heavy (non-hydrogen) atoms. The highest BCUT2D eigenvalue weighted by Gasteiger charge is 2.01. The van der Waals surface area contributed by atoms with Crippen molar-refractivity contribution in [2.45, 2.75) is 20.4 Å². The normalized spacial score (nSPS) is 10.4. The second-order valence-electron chi connectivity index (χ2n) is 5.09. The smallest absolute Gasteiger partial charge is 0.119 e. The Bertz CT molecular complexity index is 564. The zero-order valence-corrected chi connectivity index (χ0v) is 13.0. The molecule has 1 N–H and O–H groups in total. The SMILES string of the molecule is COCCOc1ccc(CNc2cccc(C)c2C)cc1. The minimum atomic E-state index is 0.580. The Kier molecular flexibility index (Phi) is 5.64. The van der Waals surface area contributed by atoms with Crippen molar-refractivity contribution < 1.29 is 9.47 Å². The average Bonchev–Trinajstić information content (AvgIpc) is 2.50. The Morgan fingerprint density at radius 2 is 1.71 bits per heavy atom. The predicted molar refractivity (Wildman–Crippen MR) is 87.1 cm³/mol. The van der Waals surface area contributed by atoms with Crippen molar-refractivity contribution in [3.05, 3.63) is 59.2 Å². The minimum Gasteiger partial charge on any atom is -0.491 e. The summed E-state index contributed by atoms with van der Waals surface area (Å²) in [6.45, 7) is 6.27. The Hall–Kier alpha value is -2.00. The lowest BCUT2D eigenvalue weighted by Gasteiger charge is -2.12. The maximum atomic E-state index is 5.55. The molecule has 2 aromatic carbocycles. The fourth-order valence-electron chi connectivity index (χ4n) is 2.09. The molecule has 0 bridgehead atoms. The molecule has 0 saturated heterocycles. The van der Waals surface area contributed by atoms with Crippen LogP contribution in [0.25, 0.3) is 0 Å². The van der Waals surface area contributed by atoms with Gasteiger partial charge in [0.2, 0.25) is 0 Å². The molecule has 0 atom stereocenters. The van der Waals surface area contributed by atoms with Crippen LogP contribution in [0.15, 0.2) is 42.5 Å². The number of hydrogen-bond donors (Lipinski definition) is 1. The topological polar surface area (TPSA) is 30.5 Å². The third kappa shape index (κ3) is 4.50. The van der Waals surface area contributed by atoms with Crippen LogP contribution in [0.3, 0.4) is 0 Å². The second kappa shape index (κ2) is 7.70. The lowest BCUT2D eigenvalue weighted by atomic mass is 10.1. The summed E-state index contributed by atoms with van der Waals surface area (Å²) in [6.07, 6.45) is 0. The number of rotatable bonds is 7. The summed E-state index contributed by atoms with van der Waals surface area (Å²) in [7, 11) is 1.67. The summed E-state index contributed by atoms with van der Waals surface area (Å²) in [5.74, 6) is 0.877. The van der Waals surface area contributed by atoms with E-state index in [0.29, 0.717) is 13.2 Å². The maximum absolute atomic E-state index is 5.55. The van der Waals surface area contributed by atoms with Gasteiger partial charge in [0.1, 0.15) is 12.4 Å². The highest BCUT2D eigenvalue weighted by Crippen LogP contribution is 2.19. The van der Waals surface area contributed by atoms with Gasteiger partial charge in [0.15, 0.2) is 0 Å². The minimum absolute atomic E-state index is 0.580. The summed E-state index contributed by atoms with van der Waals surface area (Å²) in [6, 6.07) is 14.5. The van der Waals surface area contributed by atoms with Gasteiger partial charge in [-0.15, -0.1) is 0 Å². The van der Waals surface area contributed by atoms with E-state index >= 15 is 0 Å². The molecule has 0 unspecified atom stereocenters. The van der Waals surface area contributed by atoms with Crippen LogP contribution in [-0.2, 0) is 11.3 Å². The molecule has 3 heteroatoms. The van der Waals surface area contributed by atoms with Crippen LogP contribution >= 0.6 is 0 Å². The molecule has 0 aliphatic heterocycles. The van der Waals surface area contributed by atoms with Crippen LogP contribution in [0.2, 0.25) is 0 Å². The van der Waals surface area contributed by atoms with E-state index in [1.165, 1.54) is 22.4 Å². The van der Waals surface area contributed by atoms with Gasteiger partial charge in [0.05, 0.1) is 6.61 Å². The Labute approximate surface area is 126 Å². The van der Waals surface area contributed by atoms with Gasteiger partial charge < -0.3 is 14.8 Å². The van der Waals surface area contributed by atoms with E-state index in [1.807, 2.05) is 12.1 Å². The molecule has 0 radical (unpaired) electrons. The van der Waals surface area contributed by atoms with Gasteiger partial charge in [-0.3, -0.25) is 0 Å². The van der Waals surface area contributed by atoms with Crippen molar-refractivity contribution in [3.8, 4) is 5.75 Å². The molecule has 0 saturated carbocycles. The quantitative estimate of drug-likeness (QED) is 0.782. The number of benzene rings is 2. The Balaban J connectivity index is 1.90. The van der Waals surface area contributed by atoms with E-state index in [2.05, 4.69) is 49.5 Å². The first-order chi connectivity index (χ1) is 10.2. The van der Waals surface area contributed by atoms with Crippen molar-refractivity contribution in [1.29, 1.82) is 0 Å². The first-order valence-corrected chi connectivity index (χ1v) is 7.21. The van der Waals surface area contributed by atoms with E-state index in [0.717, 1.165) is 12.3 Å². The Morgan fingerprint density at radius 3 is 2.43 bits per heavy atom. The molecular formula is C18H23NO2. The summed E-state index contributed by atoms with van der Waals surface area (Å²) < 4.78 is 10.5. The van der Waals surface area contributed by atoms with Crippen LogP contribution in [0, 0.1) is 13.8 Å². The second-order valence-corrected chi connectivity index (χ2v) is 5.09. The monoisotopic (exact) mass is 285 g/mol. The summed E-state index contributed by atoms with van der Waals surface area (Å²) in [4.78, 5) is 0. The van der Waals surface area contributed by atoms with Gasteiger partial charge in [-0.1, -0.05) is 24.3 Å². The van der Waals surface area contributed by atoms with Crippen molar-refractivity contribution in [1.82, 2.24) is 0 Å². The van der Waals surface area contributed by atoms with Gasteiger partial charge in [0, 0.05) is 19.3 Å². The summed E-state index contributed by atoms with van der Waals surface area (Å²) >= 11 is 0. The van der Waals surface area contributed by atoms with Crippen molar-refractivity contribution in [2.75, 3.05) is 25.6 Å². The highest BCUT2D eigenvalue weighted by molar-refractivity contribution is 5.53. The fourth-order valence-corrected chi connectivity index (χ4v) is 2.09. The standard InChI is InChI=1S/C18H23NO2/c1-14-5-4-6-18(15(14)2)19-13-16-7-9-17(10-8-16)21-12-11-20-3/h4-10,19H,11-13H2,1-3H3. The van der Waals surface area contributed by atoms with Crippen molar-refractivity contribution in [2.24, 2.45) is 0 Å². The van der Waals surface area contributed by atoms with Gasteiger partial charge in [-0.05, 0) is 48.7 Å². The van der Waals surface area contributed by atoms with E-state index in [4.69, 9.17) is 9.47 Å². The molecule has 0 aliphatic rings. The zero-order valence-electron chi connectivity index (χ0n) is 13.0. The fraction of sp³-hybridized carbons (Fsp3) is 0.333. The molecule has 0 fully saturated rings. The zero-order chi connectivity index (χ0) is 15.1. The van der Waals surface area contributed by atoms with E-state index < -0.39 is 0 Å². The van der Waals surface area contributed by atoms with Crippen LogP contribution in [0.5, 0.6) is 5.75 Å². The van der Waals surface area contributed by atoms with Gasteiger partial charge in [-0.2, -0.15) is 0 Å². The first kappa shape index (κ1) is 15.4. The van der Waals surface area contributed by atoms with Crippen LogP contribution in [0.1, 0.15) is 16.7 Å². The molecule has 3 nitrogen and oxygen atoms in total. The van der Waals surface area contributed by atoms with Crippen LogP contribution in [-0.4, -0.2) is 20.3 Å². The number of methoxy groups -OCH3 is 1. The molecule has 0 spiro atoms. The molecule has 0 heterocycles. The van der Waals surface area contributed by atoms with E-state index in [-0.39, 0.29) is 0 Å². The summed E-state index contributed by atoms with van der Waals surface area (Å²) in [5.41, 5.74) is 5.03.